The number of aliphatic carboxylic acids is 2. The fourth-order valence-corrected chi connectivity index (χ4v) is 7.88. The number of carboxylic acids is 2. The summed E-state index contributed by atoms with van der Waals surface area (Å²) in [7, 11) is -6.45. The van der Waals surface area contributed by atoms with E-state index in [9.17, 15) is 22.6 Å². The lowest BCUT2D eigenvalue weighted by atomic mass is 10.2. The van der Waals surface area contributed by atoms with Crippen LogP contribution in [-0.4, -0.2) is 60.1 Å². The maximum atomic E-state index is 10.7. The van der Waals surface area contributed by atoms with Gasteiger partial charge < -0.3 is 29.3 Å². The second kappa shape index (κ2) is 14.0. The van der Waals surface area contributed by atoms with Crippen molar-refractivity contribution in [2.24, 2.45) is 0 Å². The van der Waals surface area contributed by atoms with Gasteiger partial charge >= 0.3 is 11.9 Å². The van der Waals surface area contributed by atoms with Crippen LogP contribution < -0.4 is 25.4 Å². The number of aryl methyl sites for hydroxylation is 1. The fourth-order valence-electron chi connectivity index (χ4n) is 4.00. The zero-order valence-electron chi connectivity index (χ0n) is 22.7. The number of carboxylic acid groups (broad SMARTS) is 2. The van der Waals surface area contributed by atoms with Crippen LogP contribution >= 0.6 is 7.26 Å². The van der Waals surface area contributed by atoms with Crippen molar-refractivity contribution in [3.05, 3.63) is 103 Å². The molecule has 4 aromatic rings. The highest BCUT2D eigenvalue weighted by Gasteiger charge is 2.40. The van der Waals surface area contributed by atoms with Gasteiger partial charge in [-0.3, -0.25) is 0 Å². The average Bonchev–Trinajstić information content (AvgIpc) is 2.96. The molecule has 12 heteroatoms. The Labute approximate surface area is 243 Å². The Morgan fingerprint density at radius 2 is 1.17 bits per heavy atom. The molecule has 4 rings (SSSR count). The number of hydrogen-bond donors (Lipinski definition) is 3. The molecule has 0 bridgehead atoms. The van der Waals surface area contributed by atoms with Gasteiger partial charge in [0.2, 0.25) is 0 Å². The average molecular weight is 613 g/mol. The molecule has 4 aromatic carbocycles. The van der Waals surface area contributed by atoms with E-state index in [4.69, 9.17) is 24.8 Å². The Hall–Kier alpha value is -4.44. The second-order valence-corrected chi connectivity index (χ2v) is 14.0. The minimum atomic E-state index is -4.47. The molecular formula is C30H29O10PS. The molecule has 10 nitrogen and oxygen atoms in total. The summed E-state index contributed by atoms with van der Waals surface area (Å²) in [5.74, 6) is -1.27. The zero-order chi connectivity index (χ0) is 30.9. The predicted molar refractivity (Wildman–Crippen MR) is 158 cm³/mol. The van der Waals surface area contributed by atoms with Gasteiger partial charge in [0.1, 0.15) is 50.5 Å². The maximum Gasteiger partial charge on any atom is 0.341 e. The molecule has 0 aliphatic carbocycles. The quantitative estimate of drug-likeness (QED) is 0.179. The number of phenolic OH excluding ortho intramolecular Hbond substituents is 1. The summed E-state index contributed by atoms with van der Waals surface area (Å²) in [6, 6.07) is 28.8. The van der Waals surface area contributed by atoms with E-state index < -0.39 is 29.3 Å². The Morgan fingerprint density at radius 1 is 0.738 bits per heavy atom. The van der Waals surface area contributed by atoms with E-state index in [0.717, 1.165) is 16.7 Å². The highest BCUT2D eigenvalue weighted by atomic mass is 32.2. The number of phenols is 1. The third-order valence-electron chi connectivity index (χ3n) is 6.14. The van der Waals surface area contributed by atoms with Crippen LogP contribution in [0.4, 0.5) is 0 Å². The molecule has 0 saturated heterocycles. The normalized spacial score (nSPS) is 11.1. The van der Waals surface area contributed by atoms with Gasteiger partial charge in [-0.05, 0) is 85.3 Å². The molecule has 0 aliphatic heterocycles. The van der Waals surface area contributed by atoms with E-state index in [0.29, 0.717) is 17.1 Å². The van der Waals surface area contributed by atoms with Gasteiger partial charge in [0.15, 0.2) is 13.2 Å². The topological polar surface area (TPSA) is 170 Å². The number of ether oxygens (including phenoxy) is 2. The highest BCUT2D eigenvalue weighted by Crippen LogP contribution is 2.51. The van der Waals surface area contributed by atoms with Gasteiger partial charge in [0, 0.05) is 0 Å². The van der Waals surface area contributed by atoms with Crippen molar-refractivity contribution >= 4 is 45.2 Å². The van der Waals surface area contributed by atoms with Crippen molar-refractivity contribution in [1.29, 1.82) is 0 Å². The lowest BCUT2D eigenvalue weighted by molar-refractivity contribution is -0.140. The molecule has 0 heterocycles. The van der Waals surface area contributed by atoms with Crippen LogP contribution in [0.15, 0.2) is 102 Å². The zero-order valence-corrected chi connectivity index (χ0v) is 24.4. The molecule has 0 aliphatic rings. The summed E-state index contributed by atoms with van der Waals surface area (Å²) < 4.78 is 42.1. The van der Waals surface area contributed by atoms with Crippen molar-refractivity contribution in [3.8, 4) is 17.2 Å². The Kier molecular flexibility index (Phi) is 10.7. The molecule has 0 amide bonds. The van der Waals surface area contributed by atoms with E-state index in [1.807, 2.05) is 42.5 Å². The van der Waals surface area contributed by atoms with E-state index in [2.05, 4.69) is 18.8 Å². The molecule has 0 atom stereocenters. The summed E-state index contributed by atoms with van der Waals surface area (Å²) in [6.45, 7) is 2.93. The van der Waals surface area contributed by atoms with E-state index >= 15 is 0 Å². The summed E-state index contributed by atoms with van der Waals surface area (Å²) in [4.78, 5) is 21.1. The van der Waals surface area contributed by atoms with Crippen LogP contribution in [0.3, 0.4) is 0 Å². The van der Waals surface area contributed by atoms with E-state index in [-0.39, 0.29) is 23.9 Å². The van der Waals surface area contributed by atoms with Crippen LogP contribution in [0.25, 0.3) is 0 Å². The lowest BCUT2D eigenvalue weighted by Gasteiger charge is -2.23. The first-order valence-corrected chi connectivity index (χ1v) is 16.0. The molecule has 42 heavy (non-hydrogen) atoms. The van der Waals surface area contributed by atoms with E-state index in [1.165, 1.54) is 24.4 Å². The Bertz CT molecular complexity index is 1560. The second-order valence-electron chi connectivity index (χ2n) is 9.10. The Balaban J connectivity index is 0.000000337. The van der Waals surface area contributed by atoms with Crippen LogP contribution in [0, 0.1) is 6.92 Å². The minimum absolute atomic E-state index is 0.227. The highest BCUT2D eigenvalue weighted by molar-refractivity contribution is 7.95. The van der Waals surface area contributed by atoms with Crippen molar-refractivity contribution in [1.82, 2.24) is 0 Å². The number of hydrogen-bond acceptors (Lipinski definition) is 8. The van der Waals surface area contributed by atoms with Crippen LogP contribution in [-0.2, 0) is 19.7 Å². The number of benzene rings is 4. The first-order chi connectivity index (χ1) is 19.8. The van der Waals surface area contributed by atoms with Gasteiger partial charge in [-0.15, -0.1) is 0 Å². The largest absolute Gasteiger partial charge is 0.744 e. The Morgan fingerprint density at radius 3 is 1.55 bits per heavy atom. The monoisotopic (exact) mass is 612 g/mol. The molecule has 0 spiro atoms. The molecule has 0 aromatic heterocycles. The molecule has 0 radical (unpaired) electrons. The van der Waals surface area contributed by atoms with Crippen molar-refractivity contribution in [2.75, 3.05) is 19.9 Å². The van der Waals surface area contributed by atoms with Crippen LogP contribution in [0.5, 0.6) is 17.2 Å². The van der Waals surface area contributed by atoms with Gasteiger partial charge in [0.05, 0.1) is 11.6 Å². The SMILES string of the molecule is C[P+](c1ccccc1)(c1ccc(OCC(=O)O)cc1)c1ccc(OCC(=O)O)cc1.Cc1ccc(O)cc1S(=O)(=O)[O-]. The third kappa shape index (κ3) is 8.53. The minimum Gasteiger partial charge on any atom is -0.744 e. The summed E-state index contributed by atoms with van der Waals surface area (Å²) in [5.41, 5.74) is 0.336. The fraction of sp³-hybridized carbons (Fsp3) is 0.133. The van der Waals surface area contributed by atoms with Gasteiger partial charge in [0.25, 0.3) is 0 Å². The standard InChI is InChI=1S/C23H21O6P.C7H8O4S/c1-30(19-5-3-2-4-6-19,20-11-7-17(8-12-20)28-15-22(24)25)21-13-9-18(10-14-21)29-16-23(26)27;1-5-2-3-6(8)4-7(5)12(9,10)11/h2-14H,15-16H2,1H3,(H-,24,25,26,27);2-4,8H,1H3,(H,9,10,11). The summed E-state index contributed by atoms with van der Waals surface area (Å²) >= 11 is 0. The van der Waals surface area contributed by atoms with Crippen LogP contribution in [0.1, 0.15) is 5.56 Å². The van der Waals surface area contributed by atoms with Gasteiger partial charge in [-0.2, -0.15) is 0 Å². The van der Waals surface area contributed by atoms with Crippen molar-refractivity contribution in [2.45, 2.75) is 11.8 Å². The molecular weight excluding hydrogens is 583 g/mol. The predicted octanol–water partition coefficient (Wildman–Crippen LogP) is 3.14. The smallest absolute Gasteiger partial charge is 0.341 e. The molecule has 0 saturated carbocycles. The molecule has 220 valence electrons. The number of aromatic hydroxyl groups is 1. The van der Waals surface area contributed by atoms with E-state index in [1.54, 1.807) is 24.3 Å². The first kappa shape index (κ1) is 32.1. The first-order valence-electron chi connectivity index (χ1n) is 12.4. The van der Waals surface area contributed by atoms with Crippen LogP contribution in [0.2, 0.25) is 0 Å². The van der Waals surface area contributed by atoms with Crippen molar-refractivity contribution in [3.63, 3.8) is 0 Å². The van der Waals surface area contributed by atoms with Gasteiger partial charge in [-0.25, -0.2) is 18.0 Å². The van der Waals surface area contributed by atoms with Gasteiger partial charge in [-0.1, -0.05) is 24.3 Å². The molecule has 0 fully saturated rings. The van der Waals surface area contributed by atoms with Crippen molar-refractivity contribution < 1.29 is 47.4 Å². The molecule has 3 N–H and O–H groups in total. The summed E-state index contributed by atoms with van der Waals surface area (Å²) in [6.07, 6.45) is 0. The molecule has 0 unspecified atom stereocenters. The maximum absolute atomic E-state index is 10.7. The number of carbonyl (C=O) groups is 2. The number of rotatable bonds is 10. The lowest BCUT2D eigenvalue weighted by Crippen LogP contribution is -2.30. The summed E-state index contributed by atoms with van der Waals surface area (Å²) in [5, 5.41) is 29.9. The third-order valence-corrected chi connectivity index (χ3v) is 11.1.